The molecular weight excluding hydrogens is 218 g/mol. The number of nitrogens with zero attached hydrogens (tertiary/aromatic N) is 3. The minimum atomic E-state index is -0.327. The Labute approximate surface area is 100 Å². The lowest BCUT2D eigenvalue weighted by Crippen LogP contribution is -2.39. The van der Waals surface area contributed by atoms with Crippen molar-refractivity contribution >= 4 is 17.5 Å². The van der Waals surface area contributed by atoms with Crippen LogP contribution in [-0.4, -0.2) is 39.9 Å². The average Bonchev–Trinajstić information content (AvgIpc) is 2.84. The molecule has 1 fully saturated rings. The molecule has 1 amide bonds. The van der Waals surface area contributed by atoms with Crippen molar-refractivity contribution in [1.82, 2.24) is 14.9 Å². The van der Waals surface area contributed by atoms with Crippen LogP contribution < -0.4 is 11.1 Å². The van der Waals surface area contributed by atoms with E-state index in [0.29, 0.717) is 11.6 Å². The fourth-order valence-electron chi connectivity index (χ4n) is 1.94. The molecule has 17 heavy (non-hydrogen) atoms. The van der Waals surface area contributed by atoms with E-state index in [4.69, 9.17) is 5.73 Å². The maximum absolute atomic E-state index is 12.0. The van der Waals surface area contributed by atoms with Crippen molar-refractivity contribution in [3.8, 4) is 0 Å². The zero-order chi connectivity index (χ0) is 12.3. The van der Waals surface area contributed by atoms with Crippen LogP contribution in [0.2, 0.25) is 0 Å². The molecule has 1 aromatic rings. The van der Waals surface area contributed by atoms with Crippen LogP contribution >= 0.6 is 0 Å². The summed E-state index contributed by atoms with van der Waals surface area (Å²) in [5.41, 5.74) is 5.66. The average molecular weight is 235 g/mol. The summed E-state index contributed by atoms with van der Waals surface area (Å²) in [6, 6.07) is -0.327. The number of nitrogens with two attached hydrogens (primary N) is 1. The van der Waals surface area contributed by atoms with Gasteiger partial charge in [-0.2, -0.15) is 0 Å². The second-order valence-electron chi connectivity index (χ2n) is 4.19. The van der Waals surface area contributed by atoms with Crippen molar-refractivity contribution in [3.63, 3.8) is 0 Å². The first-order valence-corrected chi connectivity index (χ1v) is 5.80. The molecule has 0 bridgehead atoms. The first-order chi connectivity index (χ1) is 8.18. The van der Waals surface area contributed by atoms with Crippen LogP contribution in [0.4, 0.5) is 11.6 Å². The van der Waals surface area contributed by atoms with Crippen LogP contribution in [0.25, 0.3) is 0 Å². The van der Waals surface area contributed by atoms with Gasteiger partial charge in [-0.15, -0.1) is 0 Å². The molecule has 0 aromatic carbocycles. The van der Waals surface area contributed by atoms with Gasteiger partial charge in [0.2, 0.25) is 5.91 Å². The number of nitrogen functional groups attached to an aromatic ring is 1. The molecular formula is C11H17N5O. The highest BCUT2D eigenvalue weighted by Gasteiger charge is 2.23. The van der Waals surface area contributed by atoms with Gasteiger partial charge in [0.05, 0.1) is 0 Å². The lowest BCUT2D eigenvalue weighted by molar-refractivity contribution is -0.130. The summed E-state index contributed by atoms with van der Waals surface area (Å²) in [5, 5.41) is 3.00. The number of carbonyl (C=O) groups excluding carboxylic acids is 1. The van der Waals surface area contributed by atoms with Crippen molar-refractivity contribution in [2.45, 2.75) is 25.8 Å². The second kappa shape index (κ2) is 4.99. The Morgan fingerprint density at radius 1 is 1.41 bits per heavy atom. The topological polar surface area (TPSA) is 84.1 Å². The molecule has 92 valence electrons. The molecule has 2 heterocycles. The predicted octanol–water partition coefficient (Wildman–Crippen LogP) is 0.482. The zero-order valence-corrected chi connectivity index (χ0v) is 9.89. The van der Waals surface area contributed by atoms with E-state index in [9.17, 15) is 4.79 Å². The van der Waals surface area contributed by atoms with Gasteiger partial charge in [0.1, 0.15) is 6.04 Å². The Balaban J connectivity index is 1.99. The summed E-state index contributed by atoms with van der Waals surface area (Å²) in [6.45, 7) is 3.51. The summed E-state index contributed by atoms with van der Waals surface area (Å²) in [4.78, 5) is 21.9. The third kappa shape index (κ3) is 2.64. The Hall–Kier alpha value is -1.85. The third-order valence-corrected chi connectivity index (χ3v) is 2.87. The molecule has 1 aromatic heterocycles. The number of hydrogen-bond acceptors (Lipinski definition) is 5. The Bertz CT molecular complexity index is 403. The van der Waals surface area contributed by atoms with Gasteiger partial charge in [-0.3, -0.25) is 4.79 Å². The molecule has 6 heteroatoms. The molecule has 2 rings (SSSR count). The van der Waals surface area contributed by atoms with Crippen molar-refractivity contribution in [2.24, 2.45) is 0 Å². The largest absolute Gasteiger partial charge is 0.381 e. The summed E-state index contributed by atoms with van der Waals surface area (Å²) >= 11 is 0. The number of rotatable bonds is 3. The fourth-order valence-corrected chi connectivity index (χ4v) is 1.94. The predicted molar refractivity (Wildman–Crippen MR) is 65.3 cm³/mol. The van der Waals surface area contributed by atoms with E-state index in [2.05, 4.69) is 15.3 Å². The van der Waals surface area contributed by atoms with Gasteiger partial charge in [-0.25, -0.2) is 9.97 Å². The number of anilines is 2. The Morgan fingerprint density at radius 2 is 2.06 bits per heavy atom. The van der Waals surface area contributed by atoms with Gasteiger partial charge >= 0.3 is 0 Å². The summed E-state index contributed by atoms with van der Waals surface area (Å²) in [5.74, 6) is 0.869. The molecule has 1 saturated heterocycles. The molecule has 3 N–H and O–H groups in total. The van der Waals surface area contributed by atoms with Crippen molar-refractivity contribution < 1.29 is 4.79 Å². The first-order valence-electron chi connectivity index (χ1n) is 5.80. The quantitative estimate of drug-likeness (QED) is 0.796. The smallest absolute Gasteiger partial charge is 0.244 e. The van der Waals surface area contributed by atoms with E-state index in [1.54, 1.807) is 6.20 Å². The van der Waals surface area contributed by atoms with E-state index in [1.165, 1.54) is 6.20 Å². The van der Waals surface area contributed by atoms with Crippen molar-refractivity contribution in [1.29, 1.82) is 0 Å². The van der Waals surface area contributed by atoms with Gasteiger partial charge in [0.15, 0.2) is 11.6 Å². The normalized spacial score (nSPS) is 16.9. The highest BCUT2D eigenvalue weighted by atomic mass is 16.2. The van der Waals surface area contributed by atoms with Gasteiger partial charge in [-0.1, -0.05) is 0 Å². The van der Waals surface area contributed by atoms with Gasteiger partial charge in [0.25, 0.3) is 0 Å². The molecule has 0 saturated carbocycles. The minimum Gasteiger partial charge on any atom is -0.381 e. The highest BCUT2D eigenvalue weighted by molar-refractivity contribution is 5.84. The molecule has 0 radical (unpaired) electrons. The second-order valence-corrected chi connectivity index (χ2v) is 4.19. The Morgan fingerprint density at radius 3 is 2.71 bits per heavy atom. The maximum Gasteiger partial charge on any atom is 0.244 e. The van der Waals surface area contributed by atoms with E-state index in [0.717, 1.165) is 25.9 Å². The van der Waals surface area contributed by atoms with Crippen LogP contribution in [0.3, 0.4) is 0 Å². The molecule has 1 atom stereocenters. The summed E-state index contributed by atoms with van der Waals surface area (Å²) < 4.78 is 0. The highest BCUT2D eigenvalue weighted by Crippen LogP contribution is 2.14. The molecule has 6 nitrogen and oxygen atoms in total. The lowest BCUT2D eigenvalue weighted by Gasteiger charge is -2.21. The number of aromatic nitrogens is 2. The molecule has 1 aliphatic rings. The van der Waals surface area contributed by atoms with Crippen LogP contribution in [0, 0.1) is 0 Å². The van der Waals surface area contributed by atoms with Crippen molar-refractivity contribution in [2.75, 3.05) is 24.1 Å². The third-order valence-electron chi connectivity index (χ3n) is 2.87. The number of likely N-dealkylation sites (tertiary alicyclic amines) is 1. The summed E-state index contributed by atoms with van der Waals surface area (Å²) in [7, 11) is 0. The molecule has 1 aliphatic heterocycles. The number of hydrogen-bond donors (Lipinski definition) is 2. The van der Waals surface area contributed by atoms with E-state index >= 15 is 0 Å². The van der Waals surface area contributed by atoms with E-state index in [-0.39, 0.29) is 11.9 Å². The SMILES string of the molecule is CC(Nc1nccnc1N)C(=O)N1CCCC1. The summed E-state index contributed by atoms with van der Waals surface area (Å²) in [6.07, 6.45) is 5.25. The van der Waals surface area contributed by atoms with Gasteiger partial charge in [0, 0.05) is 25.5 Å². The van der Waals surface area contributed by atoms with Gasteiger partial charge in [-0.05, 0) is 19.8 Å². The minimum absolute atomic E-state index is 0.0903. The standard InChI is InChI=1S/C11H17N5O/c1-8(11(17)16-6-2-3-7-16)15-10-9(12)13-4-5-14-10/h4-5,8H,2-3,6-7H2,1H3,(H2,12,13)(H,14,15). The first kappa shape index (κ1) is 11.6. The number of nitrogens with one attached hydrogen (secondary N) is 1. The van der Waals surface area contributed by atoms with Crippen LogP contribution in [0.15, 0.2) is 12.4 Å². The number of carbonyl (C=O) groups is 1. The molecule has 0 aliphatic carbocycles. The van der Waals surface area contributed by atoms with E-state index < -0.39 is 0 Å². The van der Waals surface area contributed by atoms with Crippen LogP contribution in [0.5, 0.6) is 0 Å². The van der Waals surface area contributed by atoms with E-state index in [1.807, 2.05) is 11.8 Å². The maximum atomic E-state index is 12.0. The fraction of sp³-hybridized carbons (Fsp3) is 0.545. The molecule has 1 unspecified atom stereocenters. The van der Waals surface area contributed by atoms with Gasteiger partial charge < -0.3 is 16.0 Å². The Kier molecular flexibility index (Phi) is 3.41. The molecule has 0 spiro atoms. The van der Waals surface area contributed by atoms with Crippen molar-refractivity contribution in [3.05, 3.63) is 12.4 Å². The van der Waals surface area contributed by atoms with Crippen LogP contribution in [0.1, 0.15) is 19.8 Å². The zero-order valence-electron chi connectivity index (χ0n) is 9.89. The van der Waals surface area contributed by atoms with Crippen LogP contribution in [-0.2, 0) is 4.79 Å². The number of amides is 1. The lowest BCUT2D eigenvalue weighted by atomic mass is 10.3. The monoisotopic (exact) mass is 235 g/mol.